The minimum absolute atomic E-state index is 0.241. The van der Waals surface area contributed by atoms with Crippen LogP contribution in [0.25, 0.3) is 5.57 Å². The summed E-state index contributed by atoms with van der Waals surface area (Å²) in [6.45, 7) is 8.57. The van der Waals surface area contributed by atoms with Crippen LogP contribution in [0, 0.1) is 0 Å². The first-order valence-electron chi connectivity index (χ1n) is 8.89. The summed E-state index contributed by atoms with van der Waals surface area (Å²) >= 11 is 0. The highest BCUT2D eigenvalue weighted by Gasteiger charge is 2.34. The van der Waals surface area contributed by atoms with Gasteiger partial charge in [0.15, 0.2) is 5.79 Å². The number of hydrogen-bond acceptors (Lipinski definition) is 3. The first-order chi connectivity index (χ1) is 11.1. The van der Waals surface area contributed by atoms with E-state index in [1.165, 1.54) is 37.7 Å². The molecule has 2 atom stereocenters. The fourth-order valence-corrected chi connectivity index (χ4v) is 3.37. The van der Waals surface area contributed by atoms with Crippen LogP contribution in [0.5, 0.6) is 0 Å². The highest BCUT2D eigenvalue weighted by Crippen LogP contribution is 2.34. The van der Waals surface area contributed by atoms with E-state index in [0.29, 0.717) is 6.61 Å². The highest BCUT2D eigenvalue weighted by molar-refractivity contribution is 5.67. The van der Waals surface area contributed by atoms with Crippen LogP contribution in [0.2, 0.25) is 0 Å². The van der Waals surface area contributed by atoms with Crippen LogP contribution in [0.1, 0.15) is 69.4 Å². The van der Waals surface area contributed by atoms with Crippen molar-refractivity contribution < 1.29 is 14.5 Å². The van der Waals surface area contributed by atoms with Crippen LogP contribution in [0.3, 0.4) is 0 Å². The second-order valence-electron chi connectivity index (χ2n) is 6.95. The van der Waals surface area contributed by atoms with E-state index >= 15 is 0 Å². The maximum absolute atomic E-state index is 5.78. The zero-order valence-corrected chi connectivity index (χ0v) is 14.3. The zero-order chi connectivity index (χ0) is 16.3. The van der Waals surface area contributed by atoms with E-state index in [4.69, 9.17) is 14.5 Å². The zero-order valence-electron chi connectivity index (χ0n) is 14.3. The van der Waals surface area contributed by atoms with E-state index in [0.717, 1.165) is 23.5 Å². The van der Waals surface area contributed by atoms with Crippen molar-refractivity contribution in [2.45, 2.75) is 70.2 Å². The van der Waals surface area contributed by atoms with Gasteiger partial charge in [0.2, 0.25) is 0 Å². The molecule has 1 heterocycles. The summed E-state index contributed by atoms with van der Waals surface area (Å²) in [6.07, 6.45) is 7.27. The summed E-state index contributed by atoms with van der Waals surface area (Å²) in [4.78, 5) is 10.9. The van der Waals surface area contributed by atoms with Crippen molar-refractivity contribution in [3.05, 3.63) is 42.0 Å². The van der Waals surface area contributed by atoms with Gasteiger partial charge in [0.1, 0.15) is 6.10 Å². The van der Waals surface area contributed by atoms with Gasteiger partial charge in [0.05, 0.1) is 6.61 Å². The average molecular weight is 316 g/mol. The normalized spacial score (nSPS) is 29.4. The topological polar surface area (TPSA) is 27.7 Å². The molecule has 0 radical (unpaired) electrons. The number of ether oxygens (including phenoxy) is 1. The Morgan fingerprint density at radius 2 is 1.87 bits per heavy atom. The highest BCUT2D eigenvalue weighted by atomic mass is 17.2. The molecule has 3 nitrogen and oxygen atoms in total. The van der Waals surface area contributed by atoms with Gasteiger partial charge >= 0.3 is 0 Å². The Balaban J connectivity index is 1.62. The minimum atomic E-state index is -0.637. The summed E-state index contributed by atoms with van der Waals surface area (Å²) in [6, 6.07) is 8.81. The van der Waals surface area contributed by atoms with E-state index in [1.54, 1.807) is 0 Å². The predicted molar refractivity (Wildman–Crippen MR) is 91.9 cm³/mol. The van der Waals surface area contributed by atoms with E-state index < -0.39 is 5.79 Å². The average Bonchev–Trinajstić information content (AvgIpc) is 2.63. The first kappa shape index (κ1) is 16.7. The third-order valence-corrected chi connectivity index (χ3v) is 5.27. The Morgan fingerprint density at radius 3 is 2.43 bits per heavy atom. The third kappa shape index (κ3) is 3.85. The molecule has 23 heavy (non-hydrogen) atoms. The molecule has 126 valence electrons. The monoisotopic (exact) mass is 316 g/mol. The van der Waals surface area contributed by atoms with Gasteiger partial charge in [-0.15, -0.1) is 0 Å². The number of rotatable bonds is 4. The second kappa shape index (κ2) is 7.16. The largest absolute Gasteiger partial charge is 0.344 e. The molecule has 0 spiro atoms. The Kier molecular flexibility index (Phi) is 5.20. The van der Waals surface area contributed by atoms with Gasteiger partial charge in [-0.25, -0.2) is 9.78 Å². The second-order valence-corrected chi connectivity index (χ2v) is 6.95. The molecule has 3 rings (SSSR count). The van der Waals surface area contributed by atoms with Crippen molar-refractivity contribution in [1.29, 1.82) is 0 Å². The smallest absolute Gasteiger partial charge is 0.198 e. The summed E-state index contributed by atoms with van der Waals surface area (Å²) < 4.78 is 5.78. The summed E-state index contributed by atoms with van der Waals surface area (Å²) in [5.74, 6) is 0.0932. The lowest BCUT2D eigenvalue weighted by Crippen LogP contribution is -2.42. The van der Waals surface area contributed by atoms with Gasteiger partial charge in [0, 0.05) is 6.42 Å². The lowest BCUT2D eigenvalue weighted by molar-refractivity contribution is -0.473. The first-order valence-corrected chi connectivity index (χ1v) is 8.89. The third-order valence-electron chi connectivity index (χ3n) is 5.27. The van der Waals surface area contributed by atoms with Crippen LogP contribution >= 0.6 is 0 Å². The number of benzene rings is 1. The van der Waals surface area contributed by atoms with Gasteiger partial charge in [-0.3, -0.25) is 0 Å². The fourth-order valence-electron chi connectivity index (χ4n) is 3.37. The SMILES string of the molecule is C=C(c1ccc(C2CCCCC2)cc1)C1COC(C)(CC)OO1. The van der Waals surface area contributed by atoms with Crippen molar-refractivity contribution in [3.63, 3.8) is 0 Å². The molecule has 0 amide bonds. The molecule has 1 saturated heterocycles. The van der Waals surface area contributed by atoms with Crippen LogP contribution in [0.15, 0.2) is 30.8 Å². The molecular formula is C20H28O3. The van der Waals surface area contributed by atoms with Crippen LogP contribution < -0.4 is 0 Å². The fraction of sp³-hybridized carbons (Fsp3) is 0.600. The Morgan fingerprint density at radius 1 is 1.17 bits per heavy atom. The molecule has 3 heteroatoms. The molecule has 1 saturated carbocycles. The van der Waals surface area contributed by atoms with Crippen LogP contribution in [-0.4, -0.2) is 18.5 Å². The van der Waals surface area contributed by atoms with Gasteiger partial charge in [0.25, 0.3) is 0 Å². The predicted octanol–water partition coefficient (Wildman–Crippen LogP) is 5.22. The molecule has 2 aliphatic rings. The molecule has 1 aliphatic heterocycles. The molecule has 1 aromatic rings. The lowest BCUT2D eigenvalue weighted by Gasteiger charge is -2.36. The van der Waals surface area contributed by atoms with Gasteiger partial charge in [-0.05, 0) is 42.4 Å². The van der Waals surface area contributed by atoms with E-state index in [2.05, 4.69) is 30.8 Å². The molecular weight excluding hydrogens is 288 g/mol. The molecule has 2 unspecified atom stereocenters. The Bertz CT molecular complexity index is 520. The molecule has 0 N–H and O–H groups in total. The minimum Gasteiger partial charge on any atom is -0.344 e. The van der Waals surface area contributed by atoms with Crippen LogP contribution in [0.4, 0.5) is 0 Å². The summed E-state index contributed by atoms with van der Waals surface area (Å²) in [5.41, 5.74) is 3.47. The van der Waals surface area contributed by atoms with Crippen molar-refractivity contribution in [2.24, 2.45) is 0 Å². The van der Waals surface area contributed by atoms with Crippen LogP contribution in [-0.2, 0) is 14.5 Å². The van der Waals surface area contributed by atoms with E-state index in [-0.39, 0.29) is 6.10 Å². The van der Waals surface area contributed by atoms with Gasteiger partial charge < -0.3 is 4.74 Å². The van der Waals surface area contributed by atoms with Gasteiger partial charge in [-0.1, -0.05) is 57.0 Å². The van der Waals surface area contributed by atoms with Gasteiger partial charge in [-0.2, -0.15) is 0 Å². The molecule has 0 aromatic heterocycles. The lowest BCUT2D eigenvalue weighted by atomic mass is 9.83. The Labute approximate surface area is 139 Å². The van der Waals surface area contributed by atoms with Crippen molar-refractivity contribution >= 4 is 5.57 Å². The quantitative estimate of drug-likeness (QED) is 0.713. The molecule has 1 aliphatic carbocycles. The maximum Gasteiger partial charge on any atom is 0.198 e. The molecule has 1 aromatic carbocycles. The van der Waals surface area contributed by atoms with Crippen molar-refractivity contribution in [2.75, 3.05) is 6.61 Å². The summed E-state index contributed by atoms with van der Waals surface area (Å²) in [7, 11) is 0. The standard InChI is InChI=1S/C20H28O3/c1-4-20(3)21-14-19(22-23-20)15(2)16-10-12-18(13-11-16)17-8-6-5-7-9-17/h10-13,17,19H,2,4-9,14H2,1,3H3. The maximum atomic E-state index is 5.78. The molecule has 2 fully saturated rings. The van der Waals surface area contributed by atoms with E-state index in [9.17, 15) is 0 Å². The Hall–Kier alpha value is -1.16. The molecule has 0 bridgehead atoms. The summed E-state index contributed by atoms with van der Waals surface area (Å²) in [5, 5.41) is 0. The van der Waals surface area contributed by atoms with E-state index in [1.807, 2.05) is 13.8 Å². The number of hydrogen-bond donors (Lipinski definition) is 0. The van der Waals surface area contributed by atoms with Crippen molar-refractivity contribution in [1.82, 2.24) is 0 Å². The van der Waals surface area contributed by atoms with Crippen molar-refractivity contribution in [3.8, 4) is 0 Å².